The summed E-state index contributed by atoms with van der Waals surface area (Å²) in [6, 6.07) is 0. The minimum absolute atomic E-state index is 0.288. The monoisotopic (exact) mass is 254 g/mol. The third-order valence-electron chi connectivity index (χ3n) is 4.97. The fourth-order valence-electron chi connectivity index (χ4n) is 3.74. The molecule has 2 atom stereocenters. The predicted octanol–water partition coefficient (Wildman–Crippen LogP) is 3.80. The summed E-state index contributed by atoms with van der Waals surface area (Å²) in [5.74, 6) is 0.967. The Balaban J connectivity index is 2.63. The van der Waals surface area contributed by atoms with Crippen molar-refractivity contribution in [1.82, 2.24) is 4.90 Å². The molecule has 0 bridgehead atoms. The molecule has 1 fully saturated rings. The second-order valence-corrected chi connectivity index (χ2v) is 6.10. The maximum Gasteiger partial charge on any atom is 0.0329 e. The number of nitrogens with zero attached hydrogens (tertiary/aromatic N) is 1. The second-order valence-electron chi connectivity index (χ2n) is 6.10. The molecule has 0 aromatic carbocycles. The van der Waals surface area contributed by atoms with Crippen LogP contribution in [0.15, 0.2) is 0 Å². The molecule has 108 valence electrons. The van der Waals surface area contributed by atoms with E-state index in [0.29, 0.717) is 0 Å². The molecule has 1 heterocycles. The number of nitrogens with two attached hydrogens (primary N) is 1. The summed E-state index contributed by atoms with van der Waals surface area (Å²) in [4.78, 5) is 2.73. The van der Waals surface area contributed by atoms with Gasteiger partial charge in [-0.2, -0.15) is 0 Å². The van der Waals surface area contributed by atoms with Gasteiger partial charge in [0.05, 0.1) is 0 Å². The summed E-state index contributed by atoms with van der Waals surface area (Å²) < 4.78 is 0. The maximum absolute atomic E-state index is 6.14. The number of hydrogen-bond acceptors (Lipinski definition) is 2. The molecule has 0 amide bonds. The van der Waals surface area contributed by atoms with Gasteiger partial charge in [-0.15, -0.1) is 0 Å². The van der Waals surface area contributed by atoms with Crippen LogP contribution in [0.25, 0.3) is 0 Å². The SMILES string of the molecule is CCCC1CCCN(C(CC)(CN)CCC)CC1. The summed E-state index contributed by atoms with van der Waals surface area (Å²) in [5.41, 5.74) is 6.43. The third-order valence-corrected chi connectivity index (χ3v) is 4.97. The van der Waals surface area contributed by atoms with E-state index in [1.807, 2.05) is 0 Å². The van der Waals surface area contributed by atoms with E-state index in [1.165, 1.54) is 64.5 Å². The molecule has 0 saturated carbocycles. The van der Waals surface area contributed by atoms with Gasteiger partial charge in [-0.3, -0.25) is 4.90 Å². The van der Waals surface area contributed by atoms with Crippen molar-refractivity contribution >= 4 is 0 Å². The Hall–Kier alpha value is -0.0800. The highest BCUT2D eigenvalue weighted by atomic mass is 15.2. The molecule has 2 heteroatoms. The van der Waals surface area contributed by atoms with Crippen LogP contribution in [0, 0.1) is 5.92 Å². The Labute approximate surface area is 114 Å². The van der Waals surface area contributed by atoms with Crippen molar-refractivity contribution in [2.45, 2.75) is 77.7 Å². The Morgan fingerprint density at radius 1 is 1.11 bits per heavy atom. The van der Waals surface area contributed by atoms with Crippen LogP contribution in [-0.2, 0) is 0 Å². The van der Waals surface area contributed by atoms with Gasteiger partial charge in [0.15, 0.2) is 0 Å². The van der Waals surface area contributed by atoms with E-state index >= 15 is 0 Å². The summed E-state index contributed by atoms with van der Waals surface area (Å²) in [7, 11) is 0. The van der Waals surface area contributed by atoms with E-state index in [-0.39, 0.29) is 5.54 Å². The van der Waals surface area contributed by atoms with E-state index in [1.54, 1.807) is 0 Å². The topological polar surface area (TPSA) is 29.3 Å². The first kappa shape index (κ1) is 16.0. The lowest BCUT2D eigenvalue weighted by Gasteiger charge is -2.43. The van der Waals surface area contributed by atoms with E-state index in [9.17, 15) is 0 Å². The van der Waals surface area contributed by atoms with Gasteiger partial charge >= 0.3 is 0 Å². The molecule has 1 saturated heterocycles. The van der Waals surface area contributed by atoms with Gasteiger partial charge in [0.25, 0.3) is 0 Å². The molecule has 1 aliphatic rings. The predicted molar refractivity (Wildman–Crippen MR) is 80.8 cm³/mol. The molecule has 0 radical (unpaired) electrons. The normalized spacial score (nSPS) is 25.7. The molecule has 2 nitrogen and oxygen atoms in total. The first-order chi connectivity index (χ1) is 8.72. The molecule has 0 spiro atoms. The van der Waals surface area contributed by atoms with Crippen LogP contribution in [0.2, 0.25) is 0 Å². The van der Waals surface area contributed by atoms with Gasteiger partial charge < -0.3 is 5.73 Å². The molecule has 0 aromatic rings. The van der Waals surface area contributed by atoms with Crippen molar-refractivity contribution in [3.05, 3.63) is 0 Å². The van der Waals surface area contributed by atoms with Crippen molar-refractivity contribution in [1.29, 1.82) is 0 Å². The zero-order valence-electron chi connectivity index (χ0n) is 12.9. The van der Waals surface area contributed by atoms with Gasteiger partial charge in [-0.05, 0) is 51.1 Å². The first-order valence-electron chi connectivity index (χ1n) is 8.17. The second kappa shape index (κ2) is 8.16. The van der Waals surface area contributed by atoms with Crippen molar-refractivity contribution in [2.75, 3.05) is 19.6 Å². The van der Waals surface area contributed by atoms with Gasteiger partial charge in [-0.1, -0.05) is 40.0 Å². The molecule has 0 aromatic heterocycles. The van der Waals surface area contributed by atoms with Crippen LogP contribution in [0.5, 0.6) is 0 Å². The van der Waals surface area contributed by atoms with Crippen LogP contribution in [-0.4, -0.2) is 30.1 Å². The van der Waals surface area contributed by atoms with Crippen LogP contribution >= 0.6 is 0 Å². The van der Waals surface area contributed by atoms with Gasteiger partial charge in [0.1, 0.15) is 0 Å². The van der Waals surface area contributed by atoms with E-state index < -0.39 is 0 Å². The summed E-state index contributed by atoms with van der Waals surface area (Å²) in [6.45, 7) is 10.3. The Morgan fingerprint density at radius 3 is 2.44 bits per heavy atom. The lowest BCUT2D eigenvalue weighted by Crippen LogP contribution is -2.53. The number of rotatable bonds is 7. The summed E-state index contributed by atoms with van der Waals surface area (Å²) >= 11 is 0. The Bertz CT molecular complexity index is 211. The third kappa shape index (κ3) is 3.96. The molecule has 1 rings (SSSR count). The average Bonchev–Trinajstić information content (AvgIpc) is 2.63. The first-order valence-corrected chi connectivity index (χ1v) is 8.17. The zero-order chi connectivity index (χ0) is 13.4. The lowest BCUT2D eigenvalue weighted by molar-refractivity contribution is 0.0820. The van der Waals surface area contributed by atoms with E-state index in [0.717, 1.165) is 12.5 Å². The number of likely N-dealkylation sites (tertiary alicyclic amines) is 1. The van der Waals surface area contributed by atoms with Crippen LogP contribution in [0.1, 0.15) is 72.1 Å². The van der Waals surface area contributed by atoms with Crippen molar-refractivity contribution in [3.8, 4) is 0 Å². The molecule has 18 heavy (non-hydrogen) atoms. The van der Waals surface area contributed by atoms with Crippen LogP contribution in [0.3, 0.4) is 0 Å². The maximum atomic E-state index is 6.14. The quantitative estimate of drug-likeness (QED) is 0.749. The minimum Gasteiger partial charge on any atom is -0.329 e. The summed E-state index contributed by atoms with van der Waals surface area (Å²) in [5, 5.41) is 0. The Kier molecular flexibility index (Phi) is 7.25. The largest absolute Gasteiger partial charge is 0.329 e. The van der Waals surface area contributed by atoms with Crippen LogP contribution in [0.4, 0.5) is 0 Å². The molecule has 2 unspecified atom stereocenters. The molecular weight excluding hydrogens is 220 g/mol. The lowest BCUT2D eigenvalue weighted by atomic mass is 9.88. The smallest absolute Gasteiger partial charge is 0.0329 e. The van der Waals surface area contributed by atoms with Crippen molar-refractivity contribution in [2.24, 2.45) is 11.7 Å². The van der Waals surface area contributed by atoms with Crippen molar-refractivity contribution < 1.29 is 0 Å². The fourth-order valence-corrected chi connectivity index (χ4v) is 3.74. The highest BCUT2D eigenvalue weighted by Crippen LogP contribution is 2.30. The standard InChI is InChI=1S/C16H34N2/c1-4-8-15-9-7-12-18(13-10-15)16(6-3,14-17)11-5-2/h15H,4-14,17H2,1-3H3. The average molecular weight is 254 g/mol. The highest BCUT2D eigenvalue weighted by molar-refractivity contribution is 4.91. The van der Waals surface area contributed by atoms with E-state index in [4.69, 9.17) is 5.73 Å². The van der Waals surface area contributed by atoms with E-state index in [2.05, 4.69) is 25.7 Å². The van der Waals surface area contributed by atoms with Crippen LogP contribution < -0.4 is 5.73 Å². The van der Waals surface area contributed by atoms with Gasteiger partial charge in [-0.25, -0.2) is 0 Å². The number of hydrogen-bond donors (Lipinski definition) is 1. The minimum atomic E-state index is 0.288. The summed E-state index contributed by atoms with van der Waals surface area (Å²) in [6.07, 6.45) is 10.7. The van der Waals surface area contributed by atoms with Gasteiger partial charge in [0.2, 0.25) is 0 Å². The van der Waals surface area contributed by atoms with Crippen molar-refractivity contribution in [3.63, 3.8) is 0 Å². The fraction of sp³-hybridized carbons (Fsp3) is 1.00. The molecule has 1 aliphatic heterocycles. The molecular formula is C16H34N2. The zero-order valence-corrected chi connectivity index (χ0v) is 12.9. The molecule has 2 N–H and O–H groups in total. The van der Waals surface area contributed by atoms with Gasteiger partial charge in [0, 0.05) is 12.1 Å². The Morgan fingerprint density at radius 2 is 1.89 bits per heavy atom. The highest BCUT2D eigenvalue weighted by Gasteiger charge is 2.33. The molecule has 0 aliphatic carbocycles.